The van der Waals surface area contributed by atoms with E-state index in [4.69, 9.17) is 0 Å². The van der Waals surface area contributed by atoms with Crippen LogP contribution in [0.15, 0.2) is 36.4 Å². The monoisotopic (exact) mass is 269 g/mol. The van der Waals surface area contributed by atoms with Crippen LogP contribution in [0.2, 0.25) is 0 Å². The van der Waals surface area contributed by atoms with Crippen molar-refractivity contribution in [1.82, 2.24) is 9.99 Å². The molecule has 2 heterocycles. The normalized spacial score (nSPS) is 17.6. The highest BCUT2D eigenvalue weighted by atomic mass is 16.2. The van der Waals surface area contributed by atoms with E-state index in [-0.39, 0.29) is 11.9 Å². The lowest BCUT2D eigenvalue weighted by Gasteiger charge is -2.26. The van der Waals surface area contributed by atoms with Crippen molar-refractivity contribution in [1.29, 1.82) is 0 Å². The summed E-state index contributed by atoms with van der Waals surface area (Å²) in [5.74, 6) is 0.0157. The Bertz CT molecular complexity index is 625. The molecule has 104 valence electrons. The summed E-state index contributed by atoms with van der Waals surface area (Å²) in [6, 6.07) is 12.1. The van der Waals surface area contributed by atoms with Gasteiger partial charge in [0.05, 0.1) is 6.04 Å². The number of amides is 1. The SMILES string of the molecule is Cc1ccc(C)n1NC(=O)C1Cc2ccccc2CN1. The Labute approximate surface area is 118 Å². The van der Waals surface area contributed by atoms with E-state index in [2.05, 4.69) is 22.9 Å². The van der Waals surface area contributed by atoms with Gasteiger partial charge in [0.2, 0.25) is 0 Å². The molecule has 4 nitrogen and oxygen atoms in total. The Morgan fingerprint density at radius 1 is 1.15 bits per heavy atom. The summed E-state index contributed by atoms with van der Waals surface area (Å²) in [5, 5.41) is 3.30. The largest absolute Gasteiger partial charge is 0.301 e. The van der Waals surface area contributed by atoms with E-state index < -0.39 is 0 Å². The van der Waals surface area contributed by atoms with Crippen LogP contribution in [0.1, 0.15) is 22.5 Å². The van der Waals surface area contributed by atoms with E-state index in [1.807, 2.05) is 42.8 Å². The van der Waals surface area contributed by atoms with Gasteiger partial charge in [-0.15, -0.1) is 0 Å². The molecule has 1 unspecified atom stereocenters. The van der Waals surface area contributed by atoms with Crippen LogP contribution in [0.4, 0.5) is 0 Å². The lowest BCUT2D eigenvalue weighted by molar-refractivity contribution is -0.119. The second kappa shape index (κ2) is 5.13. The van der Waals surface area contributed by atoms with E-state index in [0.717, 1.165) is 24.4 Å². The van der Waals surface area contributed by atoms with Gasteiger partial charge in [-0.3, -0.25) is 14.9 Å². The van der Waals surface area contributed by atoms with Gasteiger partial charge in [0.1, 0.15) is 0 Å². The molecule has 1 aromatic heterocycles. The van der Waals surface area contributed by atoms with Crippen LogP contribution in [0.5, 0.6) is 0 Å². The molecule has 1 aromatic carbocycles. The van der Waals surface area contributed by atoms with Gasteiger partial charge in [0.15, 0.2) is 0 Å². The summed E-state index contributed by atoms with van der Waals surface area (Å²) < 4.78 is 1.84. The van der Waals surface area contributed by atoms with Crippen LogP contribution in [0.25, 0.3) is 0 Å². The number of carbonyl (C=O) groups excluding carboxylic acids is 1. The molecule has 0 radical (unpaired) electrons. The highest BCUT2D eigenvalue weighted by Crippen LogP contribution is 2.16. The Balaban J connectivity index is 1.74. The predicted octanol–water partition coefficient (Wildman–Crippen LogP) is 1.89. The van der Waals surface area contributed by atoms with Crippen molar-refractivity contribution in [2.45, 2.75) is 32.9 Å². The van der Waals surface area contributed by atoms with Crippen LogP contribution in [0, 0.1) is 13.8 Å². The van der Waals surface area contributed by atoms with Crippen LogP contribution in [0.3, 0.4) is 0 Å². The number of rotatable bonds is 2. The van der Waals surface area contributed by atoms with Crippen LogP contribution < -0.4 is 10.7 Å². The van der Waals surface area contributed by atoms with Crippen molar-refractivity contribution in [2.75, 3.05) is 5.43 Å². The lowest BCUT2D eigenvalue weighted by atomic mass is 9.96. The fourth-order valence-electron chi connectivity index (χ4n) is 2.67. The zero-order valence-corrected chi connectivity index (χ0v) is 11.8. The first-order valence-corrected chi connectivity index (χ1v) is 6.91. The van der Waals surface area contributed by atoms with E-state index in [0.29, 0.717) is 0 Å². The third-order valence-electron chi connectivity index (χ3n) is 3.89. The van der Waals surface area contributed by atoms with Gasteiger partial charge in [0, 0.05) is 17.9 Å². The number of hydrogen-bond acceptors (Lipinski definition) is 2. The molecule has 4 heteroatoms. The molecule has 2 aromatic rings. The zero-order chi connectivity index (χ0) is 14.1. The number of carbonyl (C=O) groups is 1. The fraction of sp³-hybridized carbons (Fsp3) is 0.312. The quantitative estimate of drug-likeness (QED) is 0.874. The number of nitrogens with one attached hydrogen (secondary N) is 2. The molecule has 1 aliphatic rings. The maximum Gasteiger partial charge on any atom is 0.256 e. The predicted molar refractivity (Wildman–Crippen MR) is 79.0 cm³/mol. The molecule has 0 bridgehead atoms. The van der Waals surface area contributed by atoms with Gasteiger partial charge in [-0.2, -0.15) is 0 Å². The minimum atomic E-state index is -0.175. The first-order chi connectivity index (χ1) is 9.65. The van der Waals surface area contributed by atoms with Crippen molar-refractivity contribution in [3.63, 3.8) is 0 Å². The maximum absolute atomic E-state index is 12.4. The second-order valence-corrected chi connectivity index (χ2v) is 5.33. The average Bonchev–Trinajstić information content (AvgIpc) is 2.78. The Morgan fingerprint density at radius 2 is 1.80 bits per heavy atom. The highest BCUT2D eigenvalue weighted by Gasteiger charge is 2.24. The van der Waals surface area contributed by atoms with Crippen LogP contribution in [-0.2, 0) is 17.8 Å². The molecule has 20 heavy (non-hydrogen) atoms. The van der Waals surface area contributed by atoms with E-state index >= 15 is 0 Å². The summed E-state index contributed by atoms with van der Waals surface area (Å²) in [6.07, 6.45) is 0.737. The van der Waals surface area contributed by atoms with Crippen molar-refractivity contribution < 1.29 is 4.79 Å². The third kappa shape index (κ3) is 2.34. The molecule has 1 amide bonds. The molecule has 3 rings (SSSR count). The summed E-state index contributed by atoms with van der Waals surface area (Å²) in [7, 11) is 0. The van der Waals surface area contributed by atoms with Gasteiger partial charge < -0.3 is 5.32 Å². The molecule has 0 saturated heterocycles. The van der Waals surface area contributed by atoms with Crippen LogP contribution in [-0.4, -0.2) is 16.6 Å². The first-order valence-electron chi connectivity index (χ1n) is 6.91. The van der Waals surface area contributed by atoms with Gasteiger partial charge in [0.25, 0.3) is 5.91 Å². The molecule has 0 fully saturated rings. The third-order valence-corrected chi connectivity index (χ3v) is 3.89. The number of hydrogen-bond donors (Lipinski definition) is 2. The summed E-state index contributed by atoms with van der Waals surface area (Å²) in [5.41, 5.74) is 7.58. The summed E-state index contributed by atoms with van der Waals surface area (Å²) in [6.45, 7) is 4.71. The Kier molecular flexibility index (Phi) is 3.32. The van der Waals surface area contributed by atoms with Crippen molar-refractivity contribution >= 4 is 5.91 Å². The molecule has 1 aliphatic heterocycles. The number of aryl methyl sites for hydroxylation is 2. The lowest BCUT2D eigenvalue weighted by Crippen LogP contribution is -2.46. The number of nitrogens with zero attached hydrogens (tertiary/aromatic N) is 1. The number of aromatic nitrogens is 1. The van der Waals surface area contributed by atoms with Gasteiger partial charge in [-0.05, 0) is 43.5 Å². The minimum Gasteiger partial charge on any atom is -0.301 e. The number of benzene rings is 1. The van der Waals surface area contributed by atoms with Crippen LogP contribution >= 0.6 is 0 Å². The molecule has 0 saturated carbocycles. The summed E-state index contributed by atoms with van der Waals surface area (Å²) >= 11 is 0. The Morgan fingerprint density at radius 3 is 2.50 bits per heavy atom. The second-order valence-electron chi connectivity index (χ2n) is 5.33. The highest BCUT2D eigenvalue weighted by molar-refractivity contribution is 5.89. The zero-order valence-electron chi connectivity index (χ0n) is 11.8. The van der Waals surface area contributed by atoms with Crippen molar-refractivity contribution in [2.24, 2.45) is 0 Å². The molecule has 0 spiro atoms. The van der Waals surface area contributed by atoms with Gasteiger partial charge in [-0.1, -0.05) is 24.3 Å². The Hall–Kier alpha value is -2.07. The molecule has 0 aliphatic carbocycles. The molecule has 2 N–H and O–H groups in total. The van der Waals surface area contributed by atoms with E-state index in [1.54, 1.807) is 0 Å². The van der Waals surface area contributed by atoms with Crippen molar-refractivity contribution in [3.05, 3.63) is 58.9 Å². The average molecular weight is 269 g/mol. The molecular weight excluding hydrogens is 250 g/mol. The smallest absolute Gasteiger partial charge is 0.256 e. The first kappa shape index (κ1) is 12.9. The summed E-state index contributed by atoms with van der Waals surface area (Å²) in [4.78, 5) is 12.4. The fourth-order valence-corrected chi connectivity index (χ4v) is 2.67. The van der Waals surface area contributed by atoms with E-state index in [9.17, 15) is 4.79 Å². The standard InChI is InChI=1S/C16H19N3O/c1-11-7-8-12(2)19(11)18-16(20)15-9-13-5-3-4-6-14(13)10-17-15/h3-8,15,17H,9-10H2,1-2H3,(H,18,20). The minimum absolute atomic E-state index is 0.0157. The van der Waals surface area contributed by atoms with Crippen molar-refractivity contribution in [3.8, 4) is 0 Å². The molecular formula is C16H19N3O. The van der Waals surface area contributed by atoms with E-state index in [1.165, 1.54) is 11.1 Å². The molecule has 1 atom stereocenters. The topological polar surface area (TPSA) is 46.1 Å². The maximum atomic E-state index is 12.4. The number of fused-ring (bicyclic) bond motifs is 1. The van der Waals surface area contributed by atoms with Gasteiger partial charge >= 0.3 is 0 Å². The van der Waals surface area contributed by atoms with Gasteiger partial charge in [-0.25, -0.2) is 0 Å².